The summed E-state index contributed by atoms with van der Waals surface area (Å²) in [5.74, 6) is -2.80. The Balaban J connectivity index is 2.03. The van der Waals surface area contributed by atoms with E-state index in [1.165, 1.54) is 0 Å². The maximum absolute atomic E-state index is 13.6. The molecule has 0 bridgehead atoms. The number of sulfonamides is 1. The third kappa shape index (κ3) is 4.61. The number of benzene rings is 2. The molecular formula is C15H13FN2O5S. The summed E-state index contributed by atoms with van der Waals surface area (Å²) < 4.78 is 40.8. The van der Waals surface area contributed by atoms with Crippen molar-refractivity contribution in [1.82, 2.24) is 0 Å². The Morgan fingerprint density at radius 3 is 2.42 bits per heavy atom. The molecule has 0 aliphatic heterocycles. The predicted octanol–water partition coefficient (Wildman–Crippen LogP) is 1.27. The van der Waals surface area contributed by atoms with Crippen LogP contribution >= 0.6 is 0 Å². The quantitative estimate of drug-likeness (QED) is 0.786. The molecule has 2 aromatic rings. The molecular weight excluding hydrogens is 339 g/mol. The van der Waals surface area contributed by atoms with Crippen molar-refractivity contribution < 1.29 is 27.1 Å². The van der Waals surface area contributed by atoms with Gasteiger partial charge in [0.05, 0.1) is 10.5 Å². The molecule has 7 nitrogen and oxygen atoms in total. The maximum atomic E-state index is 13.6. The van der Waals surface area contributed by atoms with Gasteiger partial charge >= 0.3 is 5.97 Å². The van der Waals surface area contributed by atoms with Gasteiger partial charge in [-0.2, -0.15) is 0 Å². The summed E-state index contributed by atoms with van der Waals surface area (Å²) in [6, 6.07) is 10.9. The molecule has 0 aromatic heterocycles. The first-order valence-corrected chi connectivity index (χ1v) is 8.16. The van der Waals surface area contributed by atoms with Crippen LogP contribution in [-0.4, -0.2) is 26.9 Å². The van der Waals surface area contributed by atoms with E-state index in [9.17, 15) is 22.4 Å². The Morgan fingerprint density at radius 1 is 1.12 bits per heavy atom. The number of ether oxygens (including phenoxy) is 1. The number of anilines is 1. The van der Waals surface area contributed by atoms with E-state index in [0.29, 0.717) is 5.69 Å². The molecule has 0 heterocycles. The largest absolute Gasteiger partial charge is 0.452 e. The Bertz CT molecular complexity index is 869. The van der Waals surface area contributed by atoms with Crippen molar-refractivity contribution in [3.63, 3.8) is 0 Å². The van der Waals surface area contributed by atoms with Crippen molar-refractivity contribution in [2.75, 3.05) is 11.9 Å². The summed E-state index contributed by atoms with van der Waals surface area (Å²) in [6.07, 6.45) is 0. The number of hydrogen-bond acceptors (Lipinski definition) is 5. The fraction of sp³-hybridized carbons (Fsp3) is 0.0667. The number of nitrogens with two attached hydrogens (primary N) is 1. The molecule has 2 rings (SSSR count). The van der Waals surface area contributed by atoms with Gasteiger partial charge in [-0.3, -0.25) is 4.79 Å². The molecule has 3 N–H and O–H groups in total. The number of carbonyl (C=O) groups is 2. The van der Waals surface area contributed by atoms with Gasteiger partial charge in [0.2, 0.25) is 10.0 Å². The lowest BCUT2D eigenvalue weighted by molar-refractivity contribution is -0.119. The molecule has 2 aromatic carbocycles. The van der Waals surface area contributed by atoms with Crippen LogP contribution in [0.4, 0.5) is 10.1 Å². The van der Waals surface area contributed by atoms with Crippen LogP contribution in [-0.2, 0) is 19.6 Å². The van der Waals surface area contributed by atoms with E-state index in [4.69, 9.17) is 5.14 Å². The number of hydrogen-bond donors (Lipinski definition) is 2. The second kappa shape index (κ2) is 7.20. The molecule has 0 saturated carbocycles. The number of rotatable bonds is 5. The highest BCUT2D eigenvalue weighted by Crippen LogP contribution is 2.15. The summed E-state index contributed by atoms with van der Waals surface area (Å²) in [5, 5.41) is 7.39. The molecule has 0 fully saturated rings. The minimum Gasteiger partial charge on any atom is -0.452 e. The van der Waals surface area contributed by atoms with Crippen LogP contribution in [0.1, 0.15) is 10.4 Å². The highest BCUT2D eigenvalue weighted by atomic mass is 32.2. The number of carbonyl (C=O) groups excluding carboxylic acids is 2. The summed E-state index contributed by atoms with van der Waals surface area (Å²) >= 11 is 0. The highest BCUT2D eigenvalue weighted by molar-refractivity contribution is 7.89. The molecule has 126 valence electrons. The van der Waals surface area contributed by atoms with Crippen LogP contribution < -0.4 is 10.5 Å². The molecule has 0 spiro atoms. The van der Waals surface area contributed by atoms with Gasteiger partial charge in [0.25, 0.3) is 5.91 Å². The van der Waals surface area contributed by atoms with E-state index in [1.54, 1.807) is 30.3 Å². The normalized spacial score (nSPS) is 10.9. The second-order valence-electron chi connectivity index (χ2n) is 4.68. The zero-order valence-corrected chi connectivity index (χ0v) is 13.0. The first-order chi connectivity index (χ1) is 11.3. The average Bonchev–Trinajstić information content (AvgIpc) is 2.53. The number of esters is 1. The molecule has 0 saturated heterocycles. The van der Waals surface area contributed by atoms with Crippen LogP contribution in [0.5, 0.6) is 0 Å². The molecule has 24 heavy (non-hydrogen) atoms. The Labute approximate surface area is 137 Å². The zero-order chi connectivity index (χ0) is 17.7. The lowest BCUT2D eigenvalue weighted by Gasteiger charge is -2.08. The third-order valence-electron chi connectivity index (χ3n) is 2.88. The fourth-order valence-electron chi connectivity index (χ4n) is 1.77. The number of primary sulfonamides is 1. The number of amides is 1. The van der Waals surface area contributed by atoms with E-state index < -0.39 is 44.8 Å². The van der Waals surface area contributed by atoms with E-state index in [0.717, 1.165) is 18.2 Å². The molecule has 0 atom stereocenters. The van der Waals surface area contributed by atoms with Gasteiger partial charge < -0.3 is 10.1 Å². The van der Waals surface area contributed by atoms with Crippen molar-refractivity contribution in [1.29, 1.82) is 0 Å². The molecule has 9 heteroatoms. The van der Waals surface area contributed by atoms with Crippen molar-refractivity contribution in [2.24, 2.45) is 5.14 Å². The van der Waals surface area contributed by atoms with Crippen molar-refractivity contribution in [3.05, 3.63) is 59.9 Å². The van der Waals surface area contributed by atoms with E-state index in [-0.39, 0.29) is 0 Å². The summed E-state index contributed by atoms with van der Waals surface area (Å²) in [5.41, 5.74) is -0.130. The first-order valence-electron chi connectivity index (χ1n) is 6.62. The number of nitrogens with one attached hydrogen (secondary N) is 1. The van der Waals surface area contributed by atoms with E-state index in [2.05, 4.69) is 10.1 Å². The van der Waals surface area contributed by atoms with Crippen molar-refractivity contribution in [2.45, 2.75) is 4.90 Å². The Kier molecular flexibility index (Phi) is 5.27. The van der Waals surface area contributed by atoms with Crippen LogP contribution in [0, 0.1) is 5.82 Å². The molecule has 0 aliphatic rings. The fourth-order valence-corrected chi connectivity index (χ4v) is 2.31. The smallest absolute Gasteiger partial charge is 0.341 e. The van der Waals surface area contributed by atoms with Crippen LogP contribution in [0.3, 0.4) is 0 Å². The van der Waals surface area contributed by atoms with Gasteiger partial charge in [0, 0.05) is 5.69 Å². The summed E-state index contributed by atoms with van der Waals surface area (Å²) in [4.78, 5) is 23.0. The lowest BCUT2D eigenvalue weighted by atomic mass is 10.2. The van der Waals surface area contributed by atoms with E-state index in [1.807, 2.05) is 0 Å². The number of halogens is 1. The molecule has 0 aliphatic carbocycles. The molecule has 0 unspecified atom stereocenters. The Hall–Kier alpha value is -2.78. The third-order valence-corrected chi connectivity index (χ3v) is 3.79. The first kappa shape index (κ1) is 17.6. The zero-order valence-electron chi connectivity index (χ0n) is 12.2. The van der Waals surface area contributed by atoms with Gasteiger partial charge in [-0.15, -0.1) is 0 Å². The second-order valence-corrected chi connectivity index (χ2v) is 6.24. The summed E-state index contributed by atoms with van der Waals surface area (Å²) in [7, 11) is -4.10. The van der Waals surface area contributed by atoms with Gasteiger partial charge in [-0.05, 0) is 30.3 Å². The van der Waals surface area contributed by atoms with Crippen LogP contribution in [0.2, 0.25) is 0 Å². The van der Waals surface area contributed by atoms with Crippen LogP contribution in [0.15, 0.2) is 53.4 Å². The minimum atomic E-state index is -4.10. The Morgan fingerprint density at radius 2 is 1.79 bits per heavy atom. The van der Waals surface area contributed by atoms with Crippen molar-refractivity contribution in [3.8, 4) is 0 Å². The minimum absolute atomic E-state index is 0.440. The van der Waals surface area contributed by atoms with Gasteiger partial charge in [-0.25, -0.2) is 22.7 Å². The molecule has 0 radical (unpaired) electrons. The standard InChI is InChI=1S/C15H13FN2O5S/c16-13-7-6-11(24(17,21)22)8-12(13)15(20)23-9-14(19)18-10-4-2-1-3-5-10/h1-8H,9H2,(H,18,19)(H2,17,21,22). The van der Waals surface area contributed by atoms with E-state index >= 15 is 0 Å². The van der Waals surface area contributed by atoms with Gasteiger partial charge in [0.1, 0.15) is 5.82 Å². The maximum Gasteiger partial charge on any atom is 0.341 e. The van der Waals surface area contributed by atoms with Gasteiger partial charge in [0.15, 0.2) is 6.61 Å². The van der Waals surface area contributed by atoms with Crippen molar-refractivity contribution >= 4 is 27.6 Å². The predicted molar refractivity (Wildman–Crippen MR) is 83.1 cm³/mol. The van der Waals surface area contributed by atoms with Gasteiger partial charge in [-0.1, -0.05) is 18.2 Å². The summed E-state index contributed by atoms with van der Waals surface area (Å²) in [6.45, 7) is -0.660. The van der Waals surface area contributed by atoms with Crippen LogP contribution in [0.25, 0.3) is 0 Å². The SMILES string of the molecule is NS(=O)(=O)c1ccc(F)c(C(=O)OCC(=O)Nc2ccccc2)c1. The average molecular weight is 352 g/mol. The topological polar surface area (TPSA) is 116 Å². The molecule has 1 amide bonds. The monoisotopic (exact) mass is 352 g/mol. The lowest BCUT2D eigenvalue weighted by Crippen LogP contribution is -2.21. The highest BCUT2D eigenvalue weighted by Gasteiger charge is 2.19. The number of para-hydroxylation sites is 1.